The molecule has 0 spiro atoms. The Bertz CT molecular complexity index is 1270. The van der Waals surface area contributed by atoms with Gasteiger partial charge in [-0.15, -0.1) is 0 Å². The first-order valence-corrected chi connectivity index (χ1v) is 10.5. The number of anilines is 1. The third-order valence-corrected chi connectivity index (χ3v) is 5.94. The van der Waals surface area contributed by atoms with E-state index in [1.165, 1.54) is 17.3 Å². The second kappa shape index (κ2) is 7.83. The van der Waals surface area contributed by atoms with Gasteiger partial charge in [-0.25, -0.2) is 9.97 Å². The highest BCUT2D eigenvalue weighted by molar-refractivity contribution is 5.97. The van der Waals surface area contributed by atoms with Crippen LogP contribution < -0.4 is 4.90 Å². The highest BCUT2D eigenvalue weighted by Crippen LogP contribution is 2.34. The SMILES string of the molecule is Cc1cc(N2CCc3c(ncn3CCc3ccccc3)C2)c2cccc([N+](=O)[O-])c2n1. The van der Waals surface area contributed by atoms with Crippen molar-refractivity contribution < 1.29 is 4.92 Å². The topological polar surface area (TPSA) is 77.1 Å². The van der Waals surface area contributed by atoms with E-state index in [9.17, 15) is 10.1 Å². The number of nitro benzene ring substituents is 1. The minimum atomic E-state index is -0.360. The summed E-state index contributed by atoms with van der Waals surface area (Å²) < 4.78 is 2.26. The molecule has 7 heteroatoms. The molecule has 3 heterocycles. The van der Waals surface area contributed by atoms with Crippen LogP contribution in [0, 0.1) is 17.0 Å². The van der Waals surface area contributed by atoms with Gasteiger partial charge in [-0.1, -0.05) is 42.5 Å². The molecule has 0 saturated carbocycles. The van der Waals surface area contributed by atoms with Crippen molar-refractivity contribution in [3.8, 4) is 0 Å². The fraction of sp³-hybridized carbons (Fsp3) is 0.250. The largest absolute Gasteiger partial charge is 0.365 e. The Morgan fingerprint density at radius 2 is 1.97 bits per heavy atom. The predicted octanol–water partition coefficient (Wildman–Crippen LogP) is 4.45. The summed E-state index contributed by atoms with van der Waals surface area (Å²) in [6.45, 7) is 4.32. The van der Waals surface area contributed by atoms with E-state index in [0.29, 0.717) is 12.1 Å². The fourth-order valence-corrected chi connectivity index (χ4v) is 4.41. The van der Waals surface area contributed by atoms with Gasteiger partial charge in [-0.3, -0.25) is 10.1 Å². The van der Waals surface area contributed by atoms with Crippen molar-refractivity contribution in [2.45, 2.75) is 32.9 Å². The van der Waals surface area contributed by atoms with Gasteiger partial charge < -0.3 is 9.47 Å². The van der Waals surface area contributed by atoms with Crippen molar-refractivity contribution in [3.63, 3.8) is 0 Å². The monoisotopic (exact) mass is 413 g/mol. The van der Waals surface area contributed by atoms with E-state index < -0.39 is 0 Å². The van der Waals surface area contributed by atoms with E-state index in [1.807, 2.05) is 31.5 Å². The Morgan fingerprint density at radius 3 is 2.77 bits per heavy atom. The molecule has 0 unspecified atom stereocenters. The van der Waals surface area contributed by atoms with E-state index in [0.717, 1.165) is 48.4 Å². The van der Waals surface area contributed by atoms with Crippen LogP contribution in [0.3, 0.4) is 0 Å². The van der Waals surface area contributed by atoms with Crippen molar-refractivity contribution in [1.82, 2.24) is 14.5 Å². The van der Waals surface area contributed by atoms with Crippen molar-refractivity contribution in [1.29, 1.82) is 0 Å². The first kappa shape index (κ1) is 19.2. The van der Waals surface area contributed by atoms with Crippen LogP contribution in [0.1, 0.15) is 22.6 Å². The highest BCUT2D eigenvalue weighted by atomic mass is 16.6. The van der Waals surface area contributed by atoms with Gasteiger partial charge in [-0.2, -0.15) is 0 Å². The molecule has 0 bridgehead atoms. The van der Waals surface area contributed by atoms with Crippen LogP contribution >= 0.6 is 0 Å². The Balaban J connectivity index is 1.43. The van der Waals surface area contributed by atoms with E-state index in [-0.39, 0.29) is 10.6 Å². The minimum absolute atomic E-state index is 0.0466. The lowest BCUT2D eigenvalue weighted by molar-refractivity contribution is -0.383. The summed E-state index contributed by atoms with van der Waals surface area (Å²) in [6, 6.07) is 17.7. The second-order valence-electron chi connectivity index (χ2n) is 7.95. The lowest BCUT2D eigenvalue weighted by Crippen LogP contribution is -2.31. The smallest absolute Gasteiger partial charge is 0.295 e. The molecule has 2 aromatic heterocycles. The molecule has 4 aromatic rings. The third kappa shape index (κ3) is 3.63. The first-order valence-electron chi connectivity index (χ1n) is 10.5. The molecule has 0 aliphatic carbocycles. The van der Waals surface area contributed by atoms with Crippen LogP contribution in [0.25, 0.3) is 10.9 Å². The van der Waals surface area contributed by atoms with Crippen molar-refractivity contribution in [3.05, 3.63) is 93.7 Å². The number of benzene rings is 2. The number of aromatic nitrogens is 3. The number of rotatable bonds is 5. The standard InChI is InChI=1S/C24H23N5O2/c1-17-14-23(19-8-5-9-22(29(30)31)24(19)26-17)27-13-11-21-20(15-27)25-16-28(21)12-10-18-6-3-2-4-7-18/h2-9,14,16H,10-13,15H2,1H3. The van der Waals surface area contributed by atoms with Gasteiger partial charge in [0, 0.05) is 48.0 Å². The maximum atomic E-state index is 11.5. The van der Waals surface area contributed by atoms with Crippen molar-refractivity contribution >= 4 is 22.3 Å². The zero-order valence-corrected chi connectivity index (χ0v) is 17.4. The number of fused-ring (bicyclic) bond motifs is 2. The zero-order valence-electron chi connectivity index (χ0n) is 17.4. The number of pyridine rings is 1. The number of nitrogens with zero attached hydrogens (tertiary/aromatic N) is 5. The molecule has 0 N–H and O–H groups in total. The number of hydrogen-bond acceptors (Lipinski definition) is 5. The summed E-state index contributed by atoms with van der Waals surface area (Å²) in [5.41, 5.74) is 5.93. The fourth-order valence-electron chi connectivity index (χ4n) is 4.41. The normalized spacial score (nSPS) is 13.4. The summed E-state index contributed by atoms with van der Waals surface area (Å²) in [6.07, 6.45) is 3.81. The molecular weight excluding hydrogens is 390 g/mol. The average molecular weight is 413 g/mol. The summed E-state index contributed by atoms with van der Waals surface area (Å²) in [5.74, 6) is 0. The minimum Gasteiger partial charge on any atom is -0.365 e. The molecule has 0 fully saturated rings. The number of nitro groups is 1. The van der Waals surface area contributed by atoms with E-state index in [1.54, 1.807) is 6.07 Å². The number of para-hydroxylation sites is 1. The number of aryl methyl sites for hydroxylation is 3. The molecule has 0 amide bonds. The van der Waals surface area contributed by atoms with Crippen molar-refractivity contribution in [2.75, 3.05) is 11.4 Å². The maximum Gasteiger partial charge on any atom is 0.295 e. The molecule has 1 aliphatic rings. The maximum absolute atomic E-state index is 11.5. The van der Waals surface area contributed by atoms with Gasteiger partial charge in [0.1, 0.15) is 0 Å². The molecule has 5 rings (SSSR count). The number of non-ortho nitro benzene ring substituents is 1. The van der Waals surface area contributed by atoms with Crippen LogP contribution in [0.15, 0.2) is 60.9 Å². The summed E-state index contributed by atoms with van der Waals surface area (Å²) >= 11 is 0. The Morgan fingerprint density at radius 1 is 1.13 bits per heavy atom. The lowest BCUT2D eigenvalue weighted by Gasteiger charge is -2.30. The Hall–Kier alpha value is -3.74. The number of hydrogen-bond donors (Lipinski definition) is 0. The highest BCUT2D eigenvalue weighted by Gasteiger charge is 2.24. The second-order valence-corrected chi connectivity index (χ2v) is 7.95. The summed E-state index contributed by atoms with van der Waals surface area (Å²) in [7, 11) is 0. The van der Waals surface area contributed by atoms with Gasteiger partial charge in [0.15, 0.2) is 5.52 Å². The molecule has 0 atom stereocenters. The van der Waals surface area contributed by atoms with Gasteiger partial charge in [0.05, 0.1) is 23.5 Å². The first-order chi connectivity index (χ1) is 15.1. The van der Waals surface area contributed by atoms with Gasteiger partial charge >= 0.3 is 0 Å². The quantitative estimate of drug-likeness (QED) is 0.357. The van der Waals surface area contributed by atoms with Gasteiger partial charge in [0.2, 0.25) is 0 Å². The molecule has 2 aromatic carbocycles. The van der Waals surface area contributed by atoms with Gasteiger partial charge in [-0.05, 0) is 25.0 Å². The molecular formula is C24H23N5O2. The predicted molar refractivity (Wildman–Crippen MR) is 120 cm³/mol. The Labute approximate surface area is 180 Å². The van der Waals surface area contributed by atoms with E-state index in [2.05, 4.69) is 38.7 Å². The van der Waals surface area contributed by atoms with Crippen molar-refractivity contribution in [2.24, 2.45) is 0 Å². The molecule has 1 aliphatic heterocycles. The van der Waals surface area contributed by atoms with Crippen LogP contribution in [0.4, 0.5) is 11.4 Å². The molecule has 156 valence electrons. The summed E-state index contributed by atoms with van der Waals surface area (Å²) in [4.78, 5) is 22.5. The molecule has 0 saturated heterocycles. The van der Waals surface area contributed by atoms with Crippen LogP contribution in [0.5, 0.6) is 0 Å². The van der Waals surface area contributed by atoms with Crippen LogP contribution in [-0.4, -0.2) is 26.0 Å². The van der Waals surface area contributed by atoms with E-state index >= 15 is 0 Å². The molecule has 31 heavy (non-hydrogen) atoms. The molecule has 7 nitrogen and oxygen atoms in total. The van der Waals surface area contributed by atoms with Crippen LogP contribution in [0.2, 0.25) is 0 Å². The zero-order chi connectivity index (χ0) is 21.4. The third-order valence-electron chi connectivity index (χ3n) is 5.94. The summed E-state index contributed by atoms with van der Waals surface area (Å²) in [5, 5.41) is 12.3. The van der Waals surface area contributed by atoms with Gasteiger partial charge in [0.25, 0.3) is 5.69 Å². The van der Waals surface area contributed by atoms with E-state index in [4.69, 9.17) is 4.98 Å². The average Bonchev–Trinajstić information content (AvgIpc) is 3.19. The lowest BCUT2D eigenvalue weighted by atomic mass is 10.1. The molecule has 0 radical (unpaired) electrons. The van der Waals surface area contributed by atoms with Crippen LogP contribution in [-0.2, 0) is 25.9 Å². The Kier molecular flexibility index (Phi) is 4.86. The number of imidazole rings is 1.